The summed E-state index contributed by atoms with van der Waals surface area (Å²) < 4.78 is 0. The van der Waals surface area contributed by atoms with Crippen molar-refractivity contribution in [2.24, 2.45) is 0 Å². The smallest absolute Gasteiger partial charge is 0.0449 e. The quantitative estimate of drug-likeness (QED) is 0.0749. The van der Waals surface area contributed by atoms with E-state index in [0.29, 0.717) is 0 Å². The number of rotatable bonds is 28. The van der Waals surface area contributed by atoms with Crippen LogP contribution in [-0.4, -0.2) is 8.80 Å². The van der Waals surface area contributed by atoms with Gasteiger partial charge < -0.3 is 0 Å². The van der Waals surface area contributed by atoms with Gasteiger partial charge >= 0.3 is 0 Å². The zero-order chi connectivity index (χ0) is 26.7. The van der Waals surface area contributed by atoms with Crippen LogP contribution in [0.2, 0.25) is 12.1 Å². The van der Waals surface area contributed by atoms with E-state index in [1.165, 1.54) is 154 Å². The number of unbranched alkanes of at least 4 members (excludes halogenated alkanes) is 20. The molecule has 0 aliphatic heterocycles. The third-order valence-corrected chi connectivity index (χ3v) is 12.9. The van der Waals surface area contributed by atoms with E-state index in [9.17, 15) is 0 Å². The Morgan fingerprint density at radius 2 is 0.784 bits per heavy atom. The molecule has 0 spiro atoms. The Balaban J connectivity index is 2.45. The maximum absolute atomic E-state index is 2.47. The van der Waals surface area contributed by atoms with Gasteiger partial charge in [-0.25, -0.2) is 0 Å². The van der Waals surface area contributed by atoms with E-state index in [2.05, 4.69) is 51.1 Å². The van der Waals surface area contributed by atoms with Gasteiger partial charge in [-0.2, -0.15) is 0 Å². The monoisotopic (exact) mass is 529 g/mol. The lowest BCUT2D eigenvalue weighted by Crippen LogP contribution is -2.24. The Morgan fingerprint density at radius 1 is 0.432 bits per heavy atom. The minimum absolute atomic E-state index is 0.774. The molecule has 1 rings (SSSR count). The van der Waals surface area contributed by atoms with Gasteiger partial charge in [0, 0.05) is 8.80 Å². The highest BCUT2D eigenvalue weighted by molar-refractivity contribution is 6.60. The van der Waals surface area contributed by atoms with Gasteiger partial charge in [-0.1, -0.05) is 211 Å². The van der Waals surface area contributed by atoms with Crippen molar-refractivity contribution < 1.29 is 0 Å². The second-order valence-corrected chi connectivity index (χ2v) is 15.7. The zero-order valence-electron chi connectivity index (χ0n) is 25.9. The molecular weight excluding hydrogens is 460 g/mol. The normalized spacial score (nSPS) is 12.4. The molecule has 1 atom stereocenters. The first-order chi connectivity index (χ1) is 18.3. The van der Waals surface area contributed by atoms with Crippen LogP contribution >= 0.6 is 0 Å². The van der Waals surface area contributed by atoms with Gasteiger partial charge in [-0.05, 0) is 17.5 Å². The minimum atomic E-state index is -0.774. The Kier molecular flexibility index (Phi) is 25.2. The van der Waals surface area contributed by atoms with Crippen molar-refractivity contribution in [1.82, 2.24) is 0 Å². The van der Waals surface area contributed by atoms with Crippen molar-refractivity contribution in [3.63, 3.8) is 0 Å². The summed E-state index contributed by atoms with van der Waals surface area (Å²) >= 11 is 0. The third kappa shape index (κ3) is 20.1. The molecule has 0 radical (unpaired) electrons. The van der Waals surface area contributed by atoms with Crippen LogP contribution in [0.4, 0.5) is 0 Å². The van der Waals surface area contributed by atoms with Crippen LogP contribution in [0.1, 0.15) is 186 Å². The van der Waals surface area contributed by atoms with Crippen LogP contribution in [-0.2, 0) is 0 Å². The van der Waals surface area contributed by atoms with Crippen LogP contribution < -0.4 is 0 Å². The predicted molar refractivity (Wildman–Crippen MR) is 174 cm³/mol. The van der Waals surface area contributed by atoms with Crippen molar-refractivity contribution in [3.8, 4) is 0 Å². The van der Waals surface area contributed by atoms with Gasteiger partial charge in [-0.15, -0.1) is 0 Å². The van der Waals surface area contributed by atoms with E-state index in [-0.39, 0.29) is 0 Å². The van der Waals surface area contributed by atoms with Crippen LogP contribution in [0.25, 0.3) is 0 Å². The van der Waals surface area contributed by atoms with Crippen LogP contribution in [0, 0.1) is 0 Å². The van der Waals surface area contributed by atoms with E-state index in [0.717, 1.165) is 5.54 Å². The van der Waals surface area contributed by atoms with Crippen LogP contribution in [0.15, 0.2) is 30.3 Å². The van der Waals surface area contributed by atoms with Crippen molar-refractivity contribution in [3.05, 3.63) is 35.9 Å². The number of benzene rings is 1. The molecule has 1 aromatic rings. The molecule has 1 unspecified atom stereocenters. The molecule has 0 aliphatic rings. The lowest BCUT2D eigenvalue weighted by Gasteiger charge is -2.27. The first kappa shape index (κ1) is 34.5. The highest BCUT2D eigenvalue weighted by Gasteiger charge is 2.23. The molecule has 0 N–H and O–H groups in total. The molecule has 1 aromatic carbocycles. The topological polar surface area (TPSA) is 0 Å². The fourth-order valence-corrected chi connectivity index (χ4v) is 10.5. The van der Waals surface area contributed by atoms with E-state index in [4.69, 9.17) is 0 Å². The summed E-state index contributed by atoms with van der Waals surface area (Å²) in [5, 5.41) is 0. The van der Waals surface area contributed by atoms with Gasteiger partial charge in [0.2, 0.25) is 0 Å². The molecule has 0 bridgehead atoms. The van der Waals surface area contributed by atoms with Gasteiger partial charge in [0.15, 0.2) is 0 Å². The summed E-state index contributed by atoms with van der Waals surface area (Å²) in [5.41, 5.74) is 2.61. The summed E-state index contributed by atoms with van der Waals surface area (Å²) in [6.07, 6.45) is 35.0. The van der Waals surface area contributed by atoms with Crippen molar-refractivity contribution in [2.45, 2.75) is 193 Å². The molecule has 0 aliphatic carbocycles. The molecule has 0 saturated carbocycles. The maximum atomic E-state index is 2.47. The lowest BCUT2D eigenvalue weighted by atomic mass is 10.1. The number of hydrogen-bond donors (Lipinski definition) is 0. The Bertz CT molecular complexity index is 529. The van der Waals surface area contributed by atoms with Crippen LogP contribution in [0.5, 0.6) is 0 Å². The summed E-state index contributed by atoms with van der Waals surface area (Å²) in [5.74, 6) is 0. The Hall–Kier alpha value is -0.563. The average Bonchev–Trinajstić information content (AvgIpc) is 2.93. The SMILES string of the molecule is CCCCCCCCCCCC[SiH](CCCCCCCCCCCC)C(CCCCC)c1ccccc1. The number of hydrogen-bond acceptors (Lipinski definition) is 0. The van der Waals surface area contributed by atoms with E-state index in [1.54, 1.807) is 17.7 Å². The molecule has 37 heavy (non-hydrogen) atoms. The molecule has 0 nitrogen and oxygen atoms in total. The molecule has 0 fully saturated rings. The maximum Gasteiger partial charge on any atom is 0.0449 e. The molecule has 0 aromatic heterocycles. The second-order valence-electron chi connectivity index (χ2n) is 12.2. The zero-order valence-corrected chi connectivity index (χ0v) is 27.1. The van der Waals surface area contributed by atoms with Gasteiger partial charge in [0.25, 0.3) is 0 Å². The predicted octanol–water partition coefficient (Wildman–Crippen LogP) is 13.0. The van der Waals surface area contributed by atoms with Crippen LogP contribution in [0.3, 0.4) is 0 Å². The third-order valence-electron chi connectivity index (χ3n) is 8.77. The Labute approximate surface area is 236 Å². The van der Waals surface area contributed by atoms with Crippen molar-refractivity contribution in [2.75, 3.05) is 0 Å². The summed E-state index contributed by atoms with van der Waals surface area (Å²) in [4.78, 5) is 0. The summed E-state index contributed by atoms with van der Waals surface area (Å²) in [6, 6.07) is 14.9. The highest BCUT2D eigenvalue weighted by Crippen LogP contribution is 2.32. The van der Waals surface area contributed by atoms with E-state index >= 15 is 0 Å². The van der Waals surface area contributed by atoms with Gasteiger partial charge in [0.1, 0.15) is 0 Å². The summed E-state index contributed by atoms with van der Waals surface area (Å²) in [7, 11) is -0.774. The largest absolute Gasteiger partial charge is 0.0654 e. The Morgan fingerprint density at radius 3 is 1.19 bits per heavy atom. The van der Waals surface area contributed by atoms with E-state index < -0.39 is 8.80 Å². The standard InChI is InChI=1S/C36H68Si/c1-4-7-10-12-14-16-18-20-22-28-33-37(34-29-23-21-19-17-15-13-11-8-5-2)36(32-25-9-6-3)35-30-26-24-27-31-35/h24,26-27,30-31,36-37H,4-23,25,28-29,32-34H2,1-3H3. The molecule has 0 saturated heterocycles. The summed E-state index contributed by atoms with van der Waals surface area (Å²) in [6.45, 7) is 7.00. The average molecular weight is 529 g/mol. The van der Waals surface area contributed by atoms with Crippen molar-refractivity contribution in [1.29, 1.82) is 0 Å². The molecule has 216 valence electrons. The van der Waals surface area contributed by atoms with Crippen molar-refractivity contribution >= 4 is 8.80 Å². The molecule has 0 heterocycles. The fourth-order valence-electron chi connectivity index (χ4n) is 6.32. The second kappa shape index (κ2) is 27.0. The molecule has 0 amide bonds. The molecular formula is C36H68Si. The lowest BCUT2D eigenvalue weighted by molar-refractivity contribution is 0.558. The first-order valence-corrected chi connectivity index (χ1v) is 19.7. The fraction of sp³-hybridized carbons (Fsp3) is 0.833. The first-order valence-electron chi connectivity index (χ1n) is 17.4. The van der Waals surface area contributed by atoms with E-state index in [1.807, 2.05) is 0 Å². The van der Waals surface area contributed by atoms with Gasteiger partial charge in [-0.3, -0.25) is 0 Å². The highest BCUT2D eigenvalue weighted by atomic mass is 28.3. The molecule has 1 heteroatoms. The minimum Gasteiger partial charge on any atom is -0.0654 e. The van der Waals surface area contributed by atoms with Gasteiger partial charge in [0.05, 0.1) is 0 Å².